The fourth-order valence-electron chi connectivity index (χ4n) is 2.76. The first kappa shape index (κ1) is 18.1. The summed E-state index contributed by atoms with van der Waals surface area (Å²) in [6, 6.07) is 6.18. The van der Waals surface area contributed by atoms with Gasteiger partial charge in [-0.1, -0.05) is 38.3 Å². The van der Waals surface area contributed by atoms with Gasteiger partial charge in [0.15, 0.2) is 17.7 Å². The second-order valence-corrected chi connectivity index (χ2v) is 7.28. The highest BCUT2D eigenvalue weighted by Gasteiger charge is 2.19. The van der Waals surface area contributed by atoms with Crippen LogP contribution in [0.1, 0.15) is 45.4 Å². The third-order valence-electron chi connectivity index (χ3n) is 4.08. The summed E-state index contributed by atoms with van der Waals surface area (Å²) in [5, 5.41) is 3.65. The van der Waals surface area contributed by atoms with E-state index in [1.165, 1.54) is 38.2 Å². The van der Waals surface area contributed by atoms with Crippen LogP contribution in [0.3, 0.4) is 0 Å². The maximum atomic E-state index is 13.6. The van der Waals surface area contributed by atoms with Crippen molar-refractivity contribution in [3.05, 3.63) is 30.1 Å². The molecule has 1 fully saturated rings. The Hall–Kier alpha value is -1.23. The number of nitrogens with one attached hydrogen (secondary N) is 1. The molecule has 1 atom stereocenters. The molecule has 1 amide bonds. The van der Waals surface area contributed by atoms with E-state index in [9.17, 15) is 9.18 Å². The number of hydrogen-bond donors (Lipinski definition) is 1. The molecule has 0 saturated heterocycles. The number of ether oxygens (including phenoxy) is 1. The summed E-state index contributed by atoms with van der Waals surface area (Å²) in [5.74, 6) is 0.449. The van der Waals surface area contributed by atoms with Crippen molar-refractivity contribution in [3.63, 3.8) is 0 Å². The molecule has 0 aliphatic heterocycles. The lowest BCUT2D eigenvalue weighted by atomic mass is 10.0. The minimum atomic E-state index is -0.647. The molecule has 0 radical (unpaired) electrons. The van der Waals surface area contributed by atoms with E-state index in [1.807, 2.05) is 18.7 Å². The van der Waals surface area contributed by atoms with E-state index in [2.05, 4.69) is 5.32 Å². The summed E-state index contributed by atoms with van der Waals surface area (Å²) in [4.78, 5) is 12.2. The summed E-state index contributed by atoms with van der Waals surface area (Å²) < 4.78 is 19.1. The number of para-hydroxylation sites is 1. The van der Waals surface area contributed by atoms with Crippen molar-refractivity contribution in [3.8, 4) is 5.75 Å². The van der Waals surface area contributed by atoms with E-state index >= 15 is 0 Å². The number of carbonyl (C=O) groups excluding carboxylic acids is 1. The molecule has 1 saturated carbocycles. The Kier molecular flexibility index (Phi) is 7.72. The summed E-state index contributed by atoms with van der Waals surface area (Å²) in [7, 11) is 0. The molecule has 0 heterocycles. The number of thioether (sulfide) groups is 1. The van der Waals surface area contributed by atoms with Crippen LogP contribution in [-0.2, 0) is 4.79 Å². The Bertz CT molecular complexity index is 492. The standard InChI is InChI=1S/C18H26FNO2S/c1-2-16(22-17-11-7-6-10-15(17)19)18(21)20-12-13-23-14-8-4-3-5-9-14/h6-7,10-11,14,16H,2-5,8-9,12-13H2,1H3,(H,20,21)/t16-/m0/s1. The van der Waals surface area contributed by atoms with Crippen molar-refractivity contribution in [2.45, 2.75) is 56.8 Å². The highest BCUT2D eigenvalue weighted by molar-refractivity contribution is 7.99. The molecule has 128 valence electrons. The molecule has 0 unspecified atom stereocenters. The first-order valence-electron chi connectivity index (χ1n) is 8.51. The van der Waals surface area contributed by atoms with Crippen LogP contribution in [-0.4, -0.2) is 29.6 Å². The van der Waals surface area contributed by atoms with E-state index in [1.54, 1.807) is 18.2 Å². The SMILES string of the molecule is CC[C@H](Oc1ccccc1F)C(=O)NCCSC1CCCCC1. The minimum Gasteiger partial charge on any atom is -0.478 e. The predicted octanol–water partition coefficient (Wildman–Crippen LogP) is 4.17. The van der Waals surface area contributed by atoms with Gasteiger partial charge < -0.3 is 10.1 Å². The zero-order valence-corrected chi connectivity index (χ0v) is 14.5. The maximum Gasteiger partial charge on any atom is 0.261 e. The average molecular weight is 339 g/mol. The lowest BCUT2D eigenvalue weighted by molar-refractivity contribution is -0.128. The molecular formula is C18H26FNO2S. The zero-order chi connectivity index (χ0) is 16.5. The Morgan fingerprint density at radius 3 is 2.78 bits per heavy atom. The summed E-state index contributed by atoms with van der Waals surface area (Å²) in [6.45, 7) is 2.50. The van der Waals surface area contributed by atoms with Gasteiger partial charge in [-0.05, 0) is 31.4 Å². The molecule has 5 heteroatoms. The van der Waals surface area contributed by atoms with Crippen LogP contribution in [0.4, 0.5) is 4.39 Å². The van der Waals surface area contributed by atoms with E-state index in [0.717, 1.165) is 11.0 Å². The largest absolute Gasteiger partial charge is 0.478 e. The first-order chi connectivity index (χ1) is 11.2. The molecular weight excluding hydrogens is 313 g/mol. The quantitative estimate of drug-likeness (QED) is 0.723. The second-order valence-electron chi connectivity index (χ2n) is 5.87. The molecule has 0 bridgehead atoms. The fraction of sp³-hybridized carbons (Fsp3) is 0.611. The van der Waals surface area contributed by atoms with Crippen LogP contribution >= 0.6 is 11.8 Å². The van der Waals surface area contributed by atoms with Crippen molar-refractivity contribution in [1.82, 2.24) is 5.32 Å². The molecule has 1 N–H and O–H groups in total. The lowest BCUT2D eigenvalue weighted by Crippen LogP contribution is -2.39. The summed E-state index contributed by atoms with van der Waals surface area (Å²) in [5.41, 5.74) is 0. The topological polar surface area (TPSA) is 38.3 Å². The number of halogens is 1. The molecule has 23 heavy (non-hydrogen) atoms. The molecule has 3 nitrogen and oxygen atoms in total. The molecule has 1 aromatic rings. The highest BCUT2D eigenvalue weighted by atomic mass is 32.2. The van der Waals surface area contributed by atoms with Gasteiger partial charge in [0.2, 0.25) is 0 Å². The monoisotopic (exact) mass is 339 g/mol. The molecule has 2 rings (SSSR count). The normalized spacial score (nSPS) is 16.8. The number of carbonyl (C=O) groups is 1. The minimum absolute atomic E-state index is 0.131. The van der Waals surface area contributed by atoms with Gasteiger partial charge in [0.05, 0.1) is 0 Å². The van der Waals surface area contributed by atoms with Crippen LogP contribution in [0.15, 0.2) is 24.3 Å². The Balaban J connectivity index is 1.71. The number of rotatable bonds is 8. The van der Waals surface area contributed by atoms with Gasteiger partial charge in [-0.25, -0.2) is 4.39 Å². The van der Waals surface area contributed by atoms with Crippen molar-refractivity contribution in [1.29, 1.82) is 0 Å². The number of benzene rings is 1. The van der Waals surface area contributed by atoms with Crippen LogP contribution < -0.4 is 10.1 Å². The first-order valence-corrected chi connectivity index (χ1v) is 9.56. The molecule has 1 aliphatic rings. The molecule has 1 aromatic carbocycles. The average Bonchev–Trinajstić information content (AvgIpc) is 2.59. The van der Waals surface area contributed by atoms with Crippen LogP contribution in [0.2, 0.25) is 0 Å². The van der Waals surface area contributed by atoms with Gasteiger partial charge in [-0.3, -0.25) is 4.79 Å². The Morgan fingerprint density at radius 1 is 1.35 bits per heavy atom. The van der Waals surface area contributed by atoms with Gasteiger partial charge in [-0.15, -0.1) is 0 Å². The van der Waals surface area contributed by atoms with Gasteiger partial charge >= 0.3 is 0 Å². The smallest absolute Gasteiger partial charge is 0.261 e. The van der Waals surface area contributed by atoms with Crippen molar-refractivity contribution in [2.75, 3.05) is 12.3 Å². The van der Waals surface area contributed by atoms with Crippen LogP contribution in [0.25, 0.3) is 0 Å². The molecule has 0 aromatic heterocycles. The summed E-state index contributed by atoms with van der Waals surface area (Å²) in [6.07, 6.45) is 6.48. The van der Waals surface area contributed by atoms with Gasteiger partial charge in [0.25, 0.3) is 5.91 Å². The van der Waals surface area contributed by atoms with Gasteiger partial charge in [0.1, 0.15) is 0 Å². The third-order valence-corrected chi connectivity index (χ3v) is 5.46. The summed E-state index contributed by atoms with van der Waals surface area (Å²) >= 11 is 1.95. The number of hydrogen-bond acceptors (Lipinski definition) is 3. The fourth-order valence-corrected chi connectivity index (χ4v) is 3.98. The van der Waals surface area contributed by atoms with Crippen LogP contribution in [0.5, 0.6) is 5.75 Å². The van der Waals surface area contributed by atoms with E-state index in [-0.39, 0.29) is 11.7 Å². The van der Waals surface area contributed by atoms with Crippen molar-refractivity contribution >= 4 is 17.7 Å². The maximum absolute atomic E-state index is 13.6. The molecule has 1 aliphatic carbocycles. The Labute approximate surface area is 142 Å². The third kappa shape index (κ3) is 6.05. The Morgan fingerprint density at radius 2 is 2.09 bits per heavy atom. The van der Waals surface area contributed by atoms with Gasteiger partial charge in [0, 0.05) is 17.5 Å². The highest BCUT2D eigenvalue weighted by Crippen LogP contribution is 2.27. The van der Waals surface area contributed by atoms with E-state index in [4.69, 9.17) is 4.74 Å². The predicted molar refractivity (Wildman–Crippen MR) is 93.4 cm³/mol. The second kappa shape index (κ2) is 9.81. The van der Waals surface area contributed by atoms with Gasteiger partial charge in [-0.2, -0.15) is 11.8 Å². The van der Waals surface area contributed by atoms with E-state index < -0.39 is 11.9 Å². The van der Waals surface area contributed by atoms with Crippen molar-refractivity contribution < 1.29 is 13.9 Å². The van der Waals surface area contributed by atoms with E-state index in [0.29, 0.717) is 13.0 Å². The van der Waals surface area contributed by atoms with Crippen molar-refractivity contribution in [2.24, 2.45) is 0 Å². The van der Waals surface area contributed by atoms with Crippen LogP contribution in [0, 0.1) is 5.82 Å². The number of amides is 1. The molecule has 0 spiro atoms. The lowest BCUT2D eigenvalue weighted by Gasteiger charge is -2.21. The zero-order valence-electron chi connectivity index (χ0n) is 13.7.